The van der Waals surface area contributed by atoms with Crippen LogP contribution in [0.5, 0.6) is 11.5 Å². The first-order valence-electron chi connectivity index (χ1n) is 6.39. The fourth-order valence-electron chi connectivity index (χ4n) is 1.76. The van der Waals surface area contributed by atoms with Crippen LogP contribution in [0, 0.1) is 0 Å². The van der Waals surface area contributed by atoms with Gasteiger partial charge < -0.3 is 25.1 Å². The maximum absolute atomic E-state index is 12.1. The van der Waals surface area contributed by atoms with E-state index in [2.05, 4.69) is 0 Å². The van der Waals surface area contributed by atoms with Crippen LogP contribution in [-0.2, 0) is 9.53 Å². The summed E-state index contributed by atoms with van der Waals surface area (Å²) in [7, 11) is 2.86. The van der Waals surface area contributed by atoms with E-state index in [-0.39, 0.29) is 17.7 Å². The van der Waals surface area contributed by atoms with Gasteiger partial charge in [0.25, 0.3) is 0 Å². The lowest BCUT2D eigenvalue weighted by Crippen LogP contribution is -2.27. The number of nitrogen functional groups attached to an aromatic ring is 1. The molecule has 0 saturated carbocycles. The molecule has 1 aromatic rings. The zero-order valence-electron chi connectivity index (χ0n) is 12.2. The van der Waals surface area contributed by atoms with E-state index in [0.29, 0.717) is 17.9 Å². The van der Waals surface area contributed by atoms with Gasteiger partial charge in [0, 0.05) is 12.1 Å². The fraction of sp³-hybridized carbons (Fsp3) is 0.429. The first-order chi connectivity index (χ1) is 9.94. The molecule has 116 valence electrons. The van der Waals surface area contributed by atoms with E-state index >= 15 is 0 Å². The molecule has 0 spiro atoms. The number of methoxy groups -OCH3 is 2. The van der Waals surface area contributed by atoms with Crippen LogP contribution < -0.4 is 15.2 Å². The summed E-state index contributed by atoms with van der Waals surface area (Å²) in [6.45, 7) is 1.80. The molecule has 0 aliphatic heterocycles. The summed E-state index contributed by atoms with van der Waals surface area (Å²) in [5, 5.41) is 9.00. The number of carboxylic acids is 1. The van der Waals surface area contributed by atoms with Crippen molar-refractivity contribution in [2.24, 2.45) is 0 Å². The molecular weight excluding hydrogens is 278 g/mol. The number of anilines is 1. The number of esters is 1. The molecule has 0 saturated heterocycles. The number of hydrogen-bond acceptors (Lipinski definition) is 6. The second-order valence-corrected chi connectivity index (χ2v) is 4.32. The van der Waals surface area contributed by atoms with Crippen LogP contribution in [0.25, 0.3) is 0 Å². The average molecular weight is 297 g/mol. The largest absolute Gasteiger partial charge is 0.493 e. The lowest BCUT2D eigenvalue weighted by atomic mass is 10.1. The van der Waals surface area contributed by atoms with Gasteiger partial charge in [-0.05, 0) is 6.42 Å². The monoisotopic (exact) mass is 297 g/mol. The van der Waals surface area contributed by atoms with Crippen LogP contribution in [0.1, 0.15) is 30.1 Å². The van der Waals surface area contributed by atoms with Gasteiger partial charge in [-0.2, -0.15) is 0 Å². The molecule has 0 fully saturated rings. The van der Waals surface area contributed by atoms with Crippen molar-refractivity contribution in [3.63, 3.8) is 0 Å². The van der Waals surface area contributed by atoms with Crippen LogP contribution in [0.2, 0.25) is 0 Å². The minimum absolute atomic E-state index is 0.0370. The second-order valence-electron chi connectivity index (χ2n) is 4.32. The number of carboxylic acid groups (broad SMARTS) is 1. The second kappa shape index (κ2) is 7.37. The third-order valence-corrected chi connectivity index (χ3v) is 2.85. The van der Waals surface area contributed by atoms with E-state index in [0.717, 1.165) is 0 Å². The van der Waals surface area contributed by atoms with E-state index in [1.54, 1.807) is 6.92 Å². The molecule has 0 aromatic heterocycles. The summed E-state index contributed by atoms with van der Waals surface area (Å²) in [6, 6.07) is 2.78. The summed E-state index contributed by atoms with van der Waals surface area (Å²) < 4.78 is 15.1. The first kappa shape index (κ1) is 16.6. The first-order valence-corrected chi connectivity index (χ1v) is 6.39. The molecule has 1 atom stereocenters. The topological polar surface area (TPSA) is 108 Å². The quantitative estimate of drug-likeness (QED) is 0.582. The van der Waals surface area contributed by atoms with Crippen molar-refractivity contribution in [2.75, 3.05) is 20.0 Å². The lowest BCUT2D eigenvalue weighted by Gasteiger charge is -2.15. The van der Waals surface area contributed by atoms with Crippen LogP contribution in [-0.4, -0.2) is 37.4 Å². The maximum Gasteiger partial charge on any atom is 0.345 e. The summed E-state index contributed by atoms with van der Waals surface area (Å²) in [4.78, 5) is 23.1. The molecule has 0 aliphatic rings. The highest BCUT2D eigenvalue weighted by atomic mass is 16.6. The molecule has 7 nitrogen and oxygen atoms in total. The standard InChI is InChI=1S/C14H19NO6/c1-4-5-10(13(16)17)21-14(18)8-6-11(19-2)12(20-3)7-9(8)15/h6-7,10H,4-5,15H2,1-3H3,(H,16,17). The molecule has 1 rings (SSSR count). The third kappa shape index (κ3) is 4.01. The molecule has 0 bridgehead atoms. The van der Waals surface area contributed by atoms with E-state index in [1.807, 2.05) is 0 Å². The minimum Gasteiger partial charge on any atom is -0.493 e. The Bertz CT molecular complexity index is 528. The van der Waals surface area contributed by atoms with E-state index in [4.69, 9.17) is 25.1 Å². The van der Waals surface area contributed by atoms with E-state index in [9.17, 15) is 9.59 Å². The highest BCUT2D eigenvalue weighted by molar-refractivity contribution is 5.97. The molecule has 0 radical (unpaired) electrons. The zero-order chi connectivity index (χ0) is 16.0. The number of nitrogens with two attached hydrogens (primary N) is 1. The predicted octanol–water partition coefficient (Wildman–Crippen LogP) is 1.70. The van der Waals surface area contributed by atoms with Gasteiger partial charge in [-0.25, -0.2) is 9.59 Å². The van der Waals surface area contributed by atoms with Crippen molar-refractivity contribution in [2.45, 2.75) is 25.9 Å². The number of benzene rings is 1. The molecule has 0 amide bonds. The van der Waals surface area contributed by atoms with Gasteiger partial charge >= 0.3 is 11.9 Å². The van der Waals surface area contributed by atoms with Gasteiger partial charge in [0.2, 0.25) is 0 Å². The lowest BCUT2D eigenvalue weighted by molar-refractivity contribution is -0.147. The van der Waals surface area contributed by atoms with Crippen molar-refractivity contribution in [3.8, 4) is 11.5 Å². The highest BCUT2D eigenvalue weighted by Crippen LogP contribution is 2.32. The molecule has 3 N–H and O–H groups in total. The summed E-state index contributed by atoms with van der Waals surface area (Å²) in [6.07, 6.45) is -0.394. The van der Waals surface area contributed by atoms with Crippen LogP contribution in [0.3, 0.4) is 0 Å². The normalized spacial score (nSPS) is 11.6. The minimum atomic E-state index is -1.20. The van der Waals surface area contributed by atoms with Gasteiger partial charge in [-0.3, -0.25) is 0 Å². The smallest absolute Gasteiger partial charge is 0.345 e. The Morgan fingerprint density at radius 2 is 1.81 bits per heavy atom. The zero-order valence-corrected chi connectivity index (χ0v) is 12.2. The van der Waals surface area contributed by atoms with Crippen molar-refractivity contribution < 1.29 is 28.9 Å². The van der Waals surface area contributed by atoms with Gasteiger partial charge in [0.1, 0.15) is 0 Å². The van der Waals surface area contributed by atoms with Gasteiger partial charge in [-0.15, -0.1) is 0 Å². The Morgan fingerprint density at radius 1 is 1.24 bits per heavy atom. The Labute approximate surface area is 122 Å². The predicted molar refractivity (Wildman–Crippen MR) is 75.7 cm³/mol. The Kier molecular flexibility index (Phi) is 5.83. The Balaban J connectivity index is 3.04. The van der Waals surface area contributed by atoms with Crippen molar-refractivity contribution >= 4 is 17.6 Å². The number of carbonyl (C=O) groups is 2. The van der Waals surface area contributed by atoms with Crippen LogP contribution in [0.4, 0.5) is 5.69 Å². The fourth-order valence-corrected chi connectivity index (χ4v) is 1.76. The molecule has 0 heterocycles. The third-order valence-electron chi connectivity index (χ3n) is 2.85. The Hall–Kier alpha value is -2.44. The van der Waals surface area contributed by atoms with Crippen LogP contribution in [0.15, 0.2) is 12.1 Å². The number of carbonyl (C=O) groups excluding carboxylic acids is 1. The van der Waals surface area contributed by atoms with Crippen molar-refractivity contribution in [3.05, 3.63) is 17.7 Å². The molecular formula is C14H19NO6. The van der Waals surface area contributed by atoms with Crippen molar-refractivity contribution in [1.82, 2.24) is 0 Å². The van der Waals surface area contributed by atoms with Gasteiger partial charge in [0.05, 0.1) is 25.5 Å². The van der Waals surface area contributed by atoms with Crippen LogP contribution >= 0.6 is 0 Å². The molecule has 1 aromatic carbocycles. The van der Waals surface area contributed by atoms with E-state index in [1.165, 1.54) is 26.4 Å². The highest BCUT2D eigenvalue weighted by Gasteiger charge is 2.24. The summed E-state index contributed by atoms with van der Waals surface area (Å²) in [5.41, 5.74) is 5.92. The van der Waals surface area contributed by atoms with E-state index < -0.39 is 18.0 Å². The summed E-state index contributed by atoms with van der Waals surface area (Å²) in [5.74, 6) is -1.32. The average Bonchev–Trinajstić information content (AvgIpc) is 2.45. The summed E-state index contributed by atoms with van der Waals surface area (Å²) >= 11 is 0. The molecule has 0 aliphatic carbocycles. The van der Waals surface area contributed by atoms with Gasteiger partial charge in [0.15, 0.2) is 17.6 Å². The number of hydrogen-bond donors (Lipinski definition) is 2. The number of ether oxygens (including phenoxy) is 3. The van der Waals surface area contributed by atoms with Gasteiger partial charge in [-0.1, -0.05) is 13.3 Å². The van der Waals surface area contributed by atoms with Crippen molar-refractivity contribution in [1.29, 1.82) is 0 Å². The number of rotatable bonds is 7. The maximum atomic E-state index is 12.1. The number of aliphatic carboxylic acids is 1. The molecule has 7 heteroatoms. The SMILES string of the molecule is CCCC(OC(=O)c1cc(OC)c(OC)cc1N)C(=O)O. The molecule has 21 heavy (non-hydrogen) atoms. The Morgan fingerprint density at radius 3 is 2.29 bits per heavy atom. The molecule has 1 unspecified atom stereocenters.